The molecule has 2 rings (SSSR count). The summed E-state index contributed by atoms with van der Waals surface area (Å²) in [6.45, 7) is 4.93. The Labute approximate surface area is 144 Å². The van der Waals surface area contributed by atoms with Gasteiger partial charge in [0.1, 0.15) is 12.7 Å². The van der Waals surface area contributed by atoms with Gasteiger partial charge in [-0.25, -0.2) is 0 Å². The van der Waals surface area contributed by atoms with E-state index in [0.717, 1.165) is 0 Å². The molecule has 0 unspecified atom stereocenters. The van der Waals surface area contributed by atoms with Crippen LogP contribution >= 0.6 is 0 Å². The zero-order valence-electron chi connectivity index (χ0n) is 14.7. The molecule has 2 fully saturated rings. The Morgan fingerprint density at radius 3 is 2.08 bits per heavy atom. The first kappa shape index (κ1) is 19.6. The van der Waals surface area contributed by atoms with Gasteiger partial charge in [-0.05, 0) is 0 Å². The number of esters is 3. The van der Waals surface area contributed by atoms with E-state index >= 15 is 0 Å². The molecule has 0 aromatic carbocycles. The molecular weight excluding hydrogens is 340 g/mol. The fourth-order valence-corrected chi connectivity index (χ4v) is 2.67. The average molecular weight is 362 g/mol. The van der Waals surface area contributed by atoms with Crippen LogP contribution in [0.3, 0.4) is 0 Å². The molecule has 2 saturated heterocycles. The second-order valence-electron chi connectivity index (χ2n) is 5.76. The third kappa shape index (κ3) is 4.66. The Morgan fingerprint density at radius 2 is 1.56 bits per heavy atom. The van der Waals surface area contributed by atoms with Crippen molar-refractivity contribution in [2.75, 3.05) is 13.7 Å². The first-order valence-electron chi connectivity index (χ1n) is 7.69. The summed E-state index contributed by atoms with van der Waals surface area (Å²) in [5.74, 6) is -3.19. The highest BCUT2D eigenvalue weighted by Crippen LogP contribution is 2.39. The third-order valence-corrected chi connectivity index (χ3v) is 3.70. The zero-order valence-corrected chi connectivity index (χ0v) is 14.7. The van der Waals surface area contributed by atoms with Gasteiger partial charge < -0.3 is 28.4 Å². The van der Waals surface area contributed by atoms with Crippen LogP contribution in [0.2, 0.25) is 0 Å². The molecule has 0 aliphatic carbocycles. The van der Waals surface area contributed by atoms with Crippen molar-refractivity contribution in [1.82, 2.24) is 0 Å². The van der Waals surface area contributed by atoms with Crippen molar-refractivity contribution in [1.29, 1.82) is 0 Å². The van der Waals surface area contributed by atoms with Crippen LogP contribution < -0.4 is 0 Å². The minimum Gasteiger partial charge on any atom is -0.463 e. The second kappa shape index (κ2) is 7.65. The highest BCUT2D eigenvalue weighted by Gasteiger charge is 2.59. The summed E-state index contributed by atoms with van der Waals surface area (Å²) in [4.78, 5) is 34.1. The summed E-state index contributed by atoms with van der Waals surface area (Å²) in [7, 11) is 1.37. The molecular formula is C15H22O10. The summed E-state index contributed by atoms with van der Waals surface area (Å²) < 4.78 is 37.6. The molecule has 0 N–H and O–H groups in total. The van der Waals surface area contributed by atoms with E-state index in [4.69, 9.17) is 33.2 Å². The Balaban J connectivity index is 2.29. The minimum absolute atomic E-state index is 0.221. The highest BCUT2D eigenvalue weighted by molar-refractivity contribution is 5.67. The molecule has 0 aromatic heterocycles. The lowest BCUT2D eigenvalue weighted by Gasteiger charge is -2.40. The Morgan fingerprint density at radius 1 is 0.960 bits per heavy atom. The molecule has 0 aromatic rings. The van der Waals surface area contributed by atoms with Crippen molar-refractivity contribution < 1.29 is 47.5 Å². The smallest absolute Gasteiger partial charge is 0.303 e. The standard InChI is InChI=1S/C15H22O10/c1-7(16)20-6-10-11(21-8(2)17)12(22-9(3)18)13-14(23-10)25-15(4,19-5)24-13/h10-14H,6H2,1-5H3/t10-,11+,12+,13-,14+,15+/m1/s1. The number of fused-ring (bicyclic) bond motifs is 1. The molecule has 142 valence electrons. The third-order valence-electron chi connectivity index (χ3n) is 3.70. The lowest BCUT2D eigenvalue weighted by atomic mass is 9.98. The van der Waals surface area contributed by atoms with E-state index in [1.807, 2.05) is 0 Å². The Bertz CT molecular complexity index is 534. The van der Waals surface area contributed by atoms with Crippen molar-refractivity contribution >= 4 is 17.9 Å². The van der Waals surface area contributed by atoms with Crippen molar-refractivity contribution in [3.8, 4) is 0 Å². The van der Waals surface area contributed by atoms with Crippen LogP contribution in [-0.2, 0) is 47.5 Å². The molecule has 10 heteroatoms. The van der Waals surface area contributed by atoms with Crippen LogP contribution in [0.15, 0.2) is 0 Å². The minimum atomic E-state index is -1.43. The van der Waals surface area contributed by atoms with Crippen molar-refractivity contribution in [2.45, 2.75) is 64.4 Å². The van der Waals surface area contributed by atoms with Gasteiger partial charge in [0.25, 0.3) is 5.97 Å². The van der Waals surface area contributed by atoms with Crippen molar-refractivity contribution in [3.05, 3.63) is 0 Å². The topological polar surface area (TPSA) is 116 Å². The number of carbonyl (C=O) groups is 3. The Hall–Kier alpha value is -1.75. The maximum absolute atomic E-state index is 11.5. The lowest BCUT2D eigenvalue weighted by Crippen LogP contribution is -2.60. The monoisotopic (exact) mass is 362 g/mol. The first-order valence-corrected chi connectivity index (χ1v) is 7.69. The molecule has 2 aliphatic rings. The molecule has 0 radical (unpaired) electrons. The number of rotatable bonds is 5. The number of hydrogen-bond acceptors (Lipinski definition) is 10. The van der Waals surface area contributed by atoms with E-state index < -0.39 is 54.6 Å². The van der Waals surface area contributed by atoms with Crippen LogP contribution in [0, 0.1) is 0 Å². The number of methoxy groups -OCH3 is 1. The molecule has 10 nitrogen and oxygen atoms in total. The van der Waals surface area contributed by atoms with Crippen LogP contribution in [-0.4, -0.2) is 68.3 Å². The van der Waals surface area contributed by atoms with Crippen LogP contribution in [0.25, 0.3) is 0 Å². The van der Waals surface area contributed by atoms with Gasteiger partial charge in [-0.15, -0.1) is 0 Å². The largest absolute Gasteiger partial charge is 0.463 e. The summed E-state index contributed by atoms with van der Waals surface area (Å²) in [6.07, 6.45) is -4.86. The molecule has 0 amide bonds. The maximum atomic E-state index is 11.5. The number of ether oxygens (including phenoxy) is 7. The van der Waals surface area contributed by atoms with Crippen LogP contribution in [0.1, 0.15) is 27.7 Å². The van der Waals surface area contributed by atoms with Crippen LogP contribution in [0.5, 0.6) is 0 Å². The van der Waals surface area contributed by atoms with E-state index in [9.17, 15) is 14.4 Å². The normalized spacial score (nSPS) is 37.1. The molecule has 25 heavy (non-hydrogen) atoms. The number of hydrogen-bond donors (Lipinski definition) is 0. The molecule has 6 atom stereocenters. The quantitative estimate of drug-likeness (QED) is 0.484. The fourth-order valence-electron chi connectivity index (χ4n) is 2.67. The van der Waals surface area contributed by atoms with E-state index in [-0.39, 0.29) is 6.61 Å². The van der Waals surface area contributed by atoms with E-state index in [1.54, 1.807) is 0 Å². The fraction of sp³-hybridized carbons (Fsp3) is 0.800. The SMILES string of the molecule is CO[C@]1(C)O[C@@H]2O[C@H](COC(C)=O)[C@H](OC(C)=O)[C@H](OC(C)=O)[C@H]2O1. The van der Waals surface area contributed by atoms with E-state index in [0.29, 0.717) is 0 Å². The summed E-state index contributed by atoms with van der Waals surface area (Å²) in [5, 5.41) is 0. The van der Waals surface area contributed by atoms with Gasteiger partial charge in [-0.3, -0.25) is 19.1 Å². The van der Waals surface area contributed by atoms with Crippen LogP contribution in [0.4, 0.5) is 0 Å². The maximum Gasteiger partial charge on any atom is 0.303 e. The Kier molecular flexibility index (Phi) is 5.99. The first-order chi connectivity index (χ1) is 11.6. The average Bonchev–Trinajstić information content (AvgIpc) is 2.84. The summed E-state index contributed by atoms with van der Waals surface area (Å²) in [5.41, 5.74) is 0. The van der Waals surface area contributed by atoms with Gasteiger partial charge in [-0.2, -0.15) is 0 Å². The second-order valence-corrected chi connectivity index (χ2v) is 5.76. The van der Waals surface area contributed by atoms with Gasteiger partial charge in [0.2, 0.25) is 0 Å². The van der Waals surface area contributed by atoms with Gasteiger partial charge in [0.05, 0.1) is 0 Å². The number of carbonyl (C=O) groups excluding carboxylic acids is 3. The van der Waals surface area contributed by atoms with E-state index in [1.165, 1.54) is 34.8 Å². The molecule has 0 spiro atoms. The van der Waals surface area contributed by atoms with Gasteiger partial charge in [0, 0.05) is 34.8 Å². The van der Waals surface area contributed by atoms with Crippen molar-refractivity contribution in [2.24, 2.45) is 0 Å². The predicted octanol–water partition coefficient (Wildman–Crippen LogP) is -0.127. The zero-order chi connectivity index (χ0) is 18.8. The molecule has 2 heterocycles. The summed E-state index contributed by atoms with van der Waals surface area (Å²) >= 11 is 0. The summed E-state index contributed by atoms with van der Waals surface area (Å²) in [6, 6.07) is 0. The molecule has 2 aliphatic heterocycles. The van der Waals surface area contributed by atoms with Gasteiger partial charge in [-0.1, -0.05) is 0 Å². The predicted molar refractivity (Wildman–Crippen MR) is 77.8 cm³/mol. The van der Waals surface area contributed by atoms with Crippen molar-refractivity contribution in [3.63, 3.8) is 0 Å². The highest BCUT2D eigenvalue weighted by atomic mass is 16.9. The molecule has 0 saturated carbocycles. The van der Waals surface area contributed by atoms with Gasteiger partial charge >= 0.3 is 17.9 Å². The van der Waals surface area contributed by atoms with E-state index in [2.05, 4.69) is 0 Å². The van der Waals surface area contributed by atoms with Gasteiger partial charge in [0.15, 0.2) is 24.6 Å². The molecule has 0 bridgehead atoms. The lowest BCUT2D eigenvalue weighted by molar-refractivity contribution is -0.334.